The number of ether oxygens (including phenoxy) is 1. The molecule has 20 heavy (non-hydrogen) atoms. The Balaban J connectivity index is 2.05. The molecule has 1 saturated heterocycles. The molecule has 1 N–H and O–H groups in total. The van der Waals surface area contributed by atoms with Crippen LogP contribution >= 0.6 is 0 Å². The van der Waals surface area contributed by atoms with E-state index in [1.165, 1.54) is 0 Å². The first-order valence-corrected chi connectivity index (χ1v) is 6.70. The van der Waals surface area contributed by atoms with E-state index >= 15 is 0 Å². The number of benzene rings is 1. The maximum atomic E-state index is 11.7. The average Bonchev–Trinajstić information content (AvgIpc) is 2.45. The molecule has 1 fully saturated rings. The van der Waals surface area contributed by atoms with Gasteiger partial charge in [0.25, 0.3) is 0 Å². The van der Waals surface area contributed by atoms with Gasteiger partial charge in [-0.05, 0) is 25.1 Å². The molecule has 0 bridgehead atoms. The van der Waals surface area contributed by atoms with Crippen LogP contribution < -0.4 is 5.63 Å². The highest BCUT2D eigenvalue weighted by Crippen LogP contribution is 2.28. The molecular weight excluding hydrogens is 258 g/mol. The van der Waals surface area contributed by atoms with E-state index in [0.717, 1.165) is 18.5 Å². The van der Waals surface area contributed by atoms with Crippen LogP contribution in [0.15, 0.2) is 27.4 Å². The Morgan fingerprint density at radius 3 is 2.80 bits per heavy atom. The van der Waals surface area contributed by atoms with Gasteiger partial charge in [0.2, 0.25) is 0 Å². The van der Waals surface area contributed by atoms with Gasteiger partial charge in [-0.25, -0.2) is 4.79 Å². The maximum absolute atomic E-state index is 11.7. The summed E-state index contributed by atoms with van der Waals surface area (Å²) < 4.78 is 10.7. The fourth-order valence-electron chi connectivity index (χ4n) is 2.47. The summed E-state index contributed by atoms with van der Waals surface area (Å²) in [6.45, 7) is 5.28. The molecule has 0 aliphatic carbocycles. The van der Waals surface area contributed by atoms with Crippen LogP contribution in [0.5, 0.6) is 5.75 Å². The molecule has 0 unspecified atom stereocenters. The first kappa shape index (κ1) is 13.1. The van der Waals surface area contributed by atoms with Gasteiger partial charge in [0.1, 0.15) is 11.3 Å². The minimum atomic E-state index is -0.355. The fourth-order valence-corrected chi connectivity index (χ4v) is 2.47. The largest absolute Gasteiger partial charge is 0.507 e. The normalized spacial score (nSPS) is 16.6. The van der Waals surface area contributed by atoms with E-state index in [-0.39, 0.29) is 11.4 Å². The van der Waals surface area contributed by atoms with Crippen LogP contribution in [-0.4, -0.2) is 36.3 Å². The third-order valence-electron chi connectivity index (χ3n) is 3.64. The molecular formula is C15H17NO4. The maximum Gasteiger partial charge on any atom is 0.339 e. The number of aryl methyl sites for hydroxylation is 1. The Hall–Kier alpha value is -1.85. The average molecular weight is 275 g/mol. The zero-order valence-corrected chi connectivity index (χ0v) is 11.4. The van der Waals surface area contributed by atoms with E-state index in [4.69, 9.17) is 9.15 Å². The van der Waals surface area contributed by atoms with Gasteiger partial charge in [-0.3, -0.25) is 4.90 Å². The Labute approximate surface area is 116 Å². The second kappa shape index (κ2) is 5.26. The van der Waals surface area contributed by atoms with E-state index in [1.807, 2.05) is 0 Å². The number of hydrogen-bond donors (Lipinski definition) is 1. The molecule has 1 aliphatic rings. The summed E-state index contributed by atoms with van der Waals surface area (Å²) in [5.41, 5.74) is 1.36. The second-order valence-electron chi connectivity index (χ2n) is 5.09. The minimum absolute atomic E-state index is 0.163. The Bertz CT molecular complexity index is 686. The van der Waals surface area contributed by atoms with Gasteiger partial charge in [-0.1, -0.05) is 0 Å². The predicted molar refractivity (Wildman–Crippen MR) is 75.0 cm³/mol. The monoisotopic (exact) mass is 275 g/mol. The minimum Gasteiger partial charge on any atom is -0.507 e. The lowest BCUT2D eigenvalue weighted by Gasteiger charge is -2.26. The molecule has 5 nitrogen and oxygen atoms in total. The van der Waals surface area contributed by atoms with Crippen molar-refractivity contribution in [3.8, 4) is 5.75 Å². The molecule has 2 aromatic rings. The standard InChI is InChI=1S/C15H17NO4/c1-10-8-11-2-3-13(17)12(14(11)20-15(10)18)9-16-4-6-19-7-5-16/h2-3,8,17H,4-7,9H2,1H3. The zero-order valence-electron chi connectivity index (χ0n) is 11.4. The van der Waals surface area contributed by atoms with Crippen molar-refractivity contribution in [1.82, 2.24) is 4.90 Å². The van der Waals surface area contributed by atoms with Crippen molar-refractivity contribution in [3.05, 3.63) is 39.7 Å². The van der Waals surface area contributed by atoms with Gasteiger partial charge in [-0.2, -0.15) is 0 Å². The van der Waals surface area contributed by atoms with Crippen LogP contribution in [0, 0.1) is 6.92 Å². The van der Waals surface area contributed by atoms with Crippen molar-refractivity contribution < 1.29 is 14.3 Å². The molecule has 0 amide bonds. The first-order chi connectivity index (χ1) is 9.65. The third-order valence-corrected chi connectivity index (χ3v) is 3.64. The number of phenolic OH excluding ortho intramolecular Hbond substituents is 1. The molecule has 5 heteroatoms. The van der Waals surface area contributed by atoms with E-state index < -0.39 is 0 Å². The summed E-state index contributed by atoms with van der Waals surface area (Å²) in [7, 11) is 0. The Morgan fingerprint density at radius 1 is 1.30 bits per heavy atom. The molecule has 2 heterocycles. The van der Waals surface area contributed by atoms with Gasteiger partial charge in [0, 0.05) is 30.6 Å². The highest BCUT2D eigenvalue weighted by molar-refractivity contribution is 5.82. The summed E-state index contributed by atoms with van der Waals surface area (Å²) in [5.74, 6) is 0.163. The van der Waals surface area contributed by atoms with Gasteiger partial charge >= 0.3 is 5.63 Å². The summed E-state index contributed by atoms with van der Waals surface area (Å²) in [6, 6.07) is 5.21. The molecule has 0 radical (unpaired) electrons. The van der Waals surface area contributed by atoms with Crippen LogP contribution in [0.2, 0.25) is 0 Å². The van der Waals surface area contributed by atoms with E-state index in [0.29, 0.717) is 36.5 Å². The van der Waals surface area contributed by atoms with Crippen molar-refractivity contribution >= 4 is 11.0 Å². The van der Waals surface area contributed by atoms with E-state index in [9.17, 15) is 9.90 Å². The lowest BCUT2D eigenvalue weighted by molar-refractivity contribution is 0.0339. The number of phenols is 1. The van der Waals surface area contributed by atoms with Crippen molar-refractivity contribution in [2.24, 2.45) is 0 Å². The van der Waals surface area contributed by atoms with E-state index in [1.54, 1.807) is 25.1 Å². The summed E-state index contributed by atoms with van der Waals surface area (Å²) in [5, 5.41) is 10.9. The van der Waals surface area contributed by atoms with Gasteiger partial charge in [-0.15, -0.1) is 0 Å². The molecule has 106 valence electrons. The molecule has 0 spiro atoms. The lowest BCUT2D eigenvalue weighted by Crippen LogP contribution is -2.35. The zero-order chi connectivity index (χ0) is 14.1. The molecule has 1 aliphatic heterocycles. The van der Waals surface area contributed by atoms with Crippen LogP contribution in [0.3, 0.4) is 0 Å². The van der Waals surface area contributed by atoms with Gasteiger partial charge in [0.15, 0.2) is 0 Å². The third kappa shape index (κ3) is 2.42. The Morgan fingerprint density at radius 2 is 2.05 bits per heavy atom. The molecule has 3 rings (SSSR count). The van der Waals surface area contributed by atoms with Gasteiger partial charge in [0.05, 0.1) is 18.8 Å². The van der Waals surface area contributed by atoms with Crippen molar-refractivity contribution in [2.45, 2.75) is 13.5 Å². The van der Waals surface area contributed by atoms with Crippen molar-refractivity contribution in [3.63, 3.8) is 0 Å². The summed E-state index contributed by atoms with van der Waals surface area (Å²) in [6.07, 6.45) is 0. The molecule has 0 atom stereocenters. The van der Waals surface area contributed by atoms with Gasteiger partial charge < -0.3 is 14.3 Å². The van der Waals surface area contributed by atoms with Crippen LogP contribution in [0.4, 0.5) is 0 Å². The number of morpholine rings is 1. The molecule has 0 saturated carbocycles. The predicted octanol–water partition coefficient (Wildman–Crippen LogP) is 1.64. The highest BCUT2D eigenvalue weighted by atomic mass is 16.5. The number of nitrogens with zero attached hydrogens (tertiary/aromatic N) is 1. The van der Waals surface area contributed by atoms with Crippen LogP contribution in [0.25, 0.3) is 11.0 Å². The summed E-state index contributed by atoms with van der Waals surface area (Å²) in [4.78, 5) is 13.9. The number of rotatable bonds is 2. The van der Waals surface area contributed by atoms with Crippen LogP contribution in [0.1, 0.15) is 11.1 Å². The highest BCUT2D eigenvalue weighted by Gasteiger charge is 2.17. The topological polar surface area (TPSA) is 62.9 Å². The fraction of sp³-hybridized carbons (Fsp3) is 0.400. The molecule has 1 aromatic heterocycles. The number of aromatic hydroxyl groups is 1. The van der Waals surface area contributed by atoms with Crippen molar-refractivity contribution in [1.29, 1.82) is 0 Å². The van der Waals surface area contributed by atoms with Crippen molar-refractivity contribution in [2.75, 3.05) is 26.3 Å². The second-order valence-corrected chi connectivity index (χ2v) is 5.09. The quantitative estimate of drug-likeness (QED) is 0.844. The SMILES string of the molecule is Cc1cc2ccc(O)c(CN3CCOCC3)c2oc1=O. The Kier molecular flexibility index (Phi) is 3.46. The first-order valence-electron chi connectivity index (χ1n) is 6.70. The van der Waals surface area contributed by atoms with E-state index in [2.05, 4.69) is 4.90 Å². The summed E-state index contributed by atoms with van der Waals surface area (Å²) >= 11 is 0. The lowest BCUT2D eigenvalue weighted by atomic mass is 10.1. The molecule has 1 aromatic carbocycles. The smallest absolute Gasteiger partial charge is 0.339 e. The van der Waals surface area contributed by atoms with Crippen LogP contribution in [-0.2, 0) is 11.3 Å². The number of fused-ring (bicyclic) bond motifs is 1. The number of hydrogen-bond acceptors (Lipinski definition) is 5.